The average Bonchev–Trinajstić information content (AvgIpc) is 3.78. The lowest BCUT2D eigenvalue weighted by Gasteiger charge is -2.37. The van der Waals surface area contributed by atoms with Gasteiger partial charge in [-0.25, -0.2) is 4.79 Å². The normalized spacial score (nSPS) is 28.8. The molecule has 2 aromatic rings. The van der Waals surface area contributed by atoms with Crippen molar-refractivity contribution in [3.8, 4) is 0 Å². The maximum atomic E-state index is 14.3. The zero-order valence-corrected chi connectivity index (χ0v) is 29.4. The van der Waals surface area contributed by atoms with Crippen molar-refractivity contribution >= 4 is 28.6 Å². The van der Waals surface area contributed by atoms with E-state index >= 15 is 0 Å². The van der Waals surface area contributed by atoms with E-state index < -0.39 is 12.0 Å². The van der Waals surface area contributed by atoms with Crippen molar-refractivity contribution in [3.05, 3.63) is 35.6 Å². The van der Waals surface area contributed by atoms with E-state index in [-0.39, 0.29) is 54.4 Å². The van der Waals surface area contributed by atoms with E-state index in [0.29, 0.717) is 30.6 Å². The Hall–Kier alpha value is -2.82. The Bertz CT molecular complexity index is 1410. The predicted molar refractivity (Wildman–Crippen MR) is 184 cm³/mol. The highest BCUT2D eigenvalue weighted by Gasteiger charge is 2.47. The van der Waals surface area contributed by atoms with Gasteiger partial charge in [0.25, 0.3) is 0 Å². The van der Waals surface area contributed by atoms with E-state index in [0.717, 1.165) is 108 Å². The van der Waals surface area contributed by atoms with Gasteiger partial charge in [0.05, 0.1) is 38.6 Å². The van der Waals surface area contributed by atoms with Crippen LogP contribution in [-0.2, 0) is 30.2 Å². The number of hydrogen-bond acceptors (Lipinski definition) is 8. The quantitative estimate of drug-likeness (QED) is 0.181. The number of fused-ring (bicyclic) bond motifs is 1. The highest BCUT2D eigenvalue weighted by atomic mass is 19.1. The monoisotopic (exact) mass is 682 g/mol. The molecule has 2 aliphatic carbocycles. The summed E-state index contributed by atoms with van der Waals surface area (Å²) in [5.41, 5.74) is 1.41. The fraction of sp³-hybridized carbons (Fsp3) is 0.718. The number of ether oxygens (including phenoxy) is 3. The van der Waals surface area contributed by atoms with Gasteiger partial charge in [-0.05, 0) is 112 Å². The minimum atomic E-state index is -0.491. The first-order chi connectivity index (χ1) is 23.8. The number of esters is 1. The van der Waals surface area contributed by atoms with Crippen molar-refractivity contribution in [1.29, 1.82) is 0 Å². The van der Waals surface area contributed by atoms with Gasteiger partial charge in [-0.1, -0.05) is 13.0 Å². The van der Waals surface area contributed by atoms with Crippen molar-refractivity contribution in [3.63, 3.8) is 0 Å². The Kier molecular flexibility index (Phi) is 12.4. The van der Waals surface area contributed by atoms with E-state index in [9.17, 15) is 18.8 Å². The number of rotatable bonds is 13. The summed E-state index contributed by atoms with van der Waals surface area (Å²) in [4.78, 5) is 45.4. The lowest BCUT2D eigenvalue weighted by molar-refractivity contribution is -0.143. The molecule has 2 aliphatic heterocycles. The molecule has 10 heteroatoms. The number of nitrogens with zero attached hydrogens (tertiary/aromatic N) is 2. The number of hydrogen-bond donors (Lipinski definition) is 0. The Balaban J connectivity index is 1.11. The third kappa shape index (κ3) is 8.74. The number of methoxy groups -OCH3 is 1. The molecule has 0 spiro atoms. The number of carbonyl (C=O) groups is 3. The first kappa shape index (κ1) is 36.0. The van der Waals surface area contributed by atoms with E-state index in [2.05, 4.69) is 4.90 Å². The van der Waals surface area contributed by atoms with Crippen LogP contribution >= 0.6 is 0 Å². The van der Waals surface area contributed by atoms with Gasteiger partial charge in [-0.3, -0.25) is 18.9 Å². The summed E-state index contributed by atoms with van der Waals surface area (Å²) in [6.45, 7) is 6.71. The maximum Gasteiger partial charge on any atom is 0.374 e. The fourth-order valence-corrected chi connectivity index (χ4v) is 8.98. The highest BCUT2D eigenvalue weighted by molar-refractivity contribution is 5.94. The molecule has 4 fully saturated rings. The number of ketones is 1. The van der Waals surface area contributed by atoms with Gasteiger partial charge in [-0.15, -0.1) is 0 Å². The molecule has 2 saturated carbocycles. The van der Waals surface area contributed by atoms with Gasteiger partial charge >= 0.3 is 5.97 Å². The highest BCUT2D eigenvalue weighted by Crippen LogP contribution is 2.42. The molecule has 1 aromatic heterocycles. The molecule has 0 radical (unpaired) electrons. The predicted octanol–water partition coefficient (Wildman–Crippen LogP) is 6.26. The number of furan rings is 1. The van der Waals surface area contributed by atoms with Crippen LogP contribution in [0.4, 0.5) is 4.39 Å². The summed E-state index contributed by atoms with van der Waals surface area (Å²) in [6, 6.07) is 6.86. The zero-order valence-electron chi connectivity index (χ0n) is 29.4. The van der Waals surface area contributed by atoms with Crippen LogP contribution < -0.4 is 0 Å². The van der Waals surface area contributed by atoms with Crippen LogP contribution in [0.3, 0.4) is 0 Å². The Labute approximate surface area is 290 Å². The van der Waals surface area contributed by atoms with Crippen LogP contribution in [0, 0.1) is 29.6 Å². The second kappa shape index (κ2) is 16.9. The summed E-state index contributed by atoms with van der Waals surface area (Å²) < 4.78 is 35.7. The number of alkyl halides is 1. The van der Waals surface area contributed by atoms with Crippen molar-refractivity contribution in [1.82, 2.24) is 9.80 Å². The lowest BCUT2D eigenvalue weighted by Crippen LogP contribution is -2.48. The second-order valence-electron chi connectivity index (χ2n) is 15.0. The number of morpholine rings is 1. The molecule has 1 amide bonds. The first-order valence-corrected chi connectivity index (χ1v) is 18.8. The fourth-order valence-electron chi connectivity index (χ4n) is 8.98. The van der Waals surface area contributed by atoms with Gasteiger partial charge in [0, 0.05) is 51.0 Å². The molecule has 3 atom stereocenters. The molecule has 3 heterocycles. The Morgan fingerprint density at radius 1 is 0.959 bits per heavy atom. The molecule has 2 saturated heterocycles. The maximum absolute atomic E-state index is 14.3. The summed E-state index contributed by atoms with van der Waals surface area (Å²) >= 11 is 0. The van der Waals surface area contributed by atoms with Gasteiger partial charge < -0.3 is 23.5 Å². The summed E-state index contributed by atoms with van der Waals surface area (Å²) in [7, 11) is 1.77. The molecule has 6 rings (SSSR count). The lowest BCUT2D eigenvalue weighted by atomic mass is 9.74. The van der Waals surface area contributed by atoms with E-state index in [1.54, 1.807) is 13.2 Å². The van der Waals surface area contributed by atoms with Gasteiger partial charge in [-0.2, -0.15) is 0 Å². The van der Waals surface area contributed by atoms with Crippen molar-refractivity contribution < 1.29 is 37.4 Å². The molecule has 1 aromatic carbocycles. The van der Waals surface area contributed by atoms with Crippen LogP contribution in [0.1, 0.15) is 87.3 Å². The molecule has 0 N–H and O–H groups in total. The number of carbonyl (C=O) groups excluding carboxylic acids is 3. The van der Waals surface area contributed by atoms with Crippen LogP contribution in [0.2, 0.25) is 0 Å². The molecule has 0 unspecified atom stereocenters. The second-order valence-corrected chi connectivity index (χ2v) is 15.0. The molecule has 0 bridgehead atoms. The number of Topliss-reactive ketones (excluding diaryl/α,β-unsaturated/α-hetero) is 1. The number of benzene rings is 1. The van der Waals surface area contributed by atoms with Crippen molar-refractivity contribution in [2.75, 3.05) is 59.8 Å². The van der Waals surface area contributed by atoms with Crippen molar-refractivity contribution in [2.24, 2.45) is 29.6 Å². The van der Waals surface area contributed by atoms with Gasteiger partial charge in [0.1, 0.15) is 5.58 Å². The third-order valence-corrected chi connectivity index (χ3v) is 12.0. The smallest absolute Gasteiger partial charge is 0.374 e. The molecule has 9 nitrogen and oxygen atoms in total. The Morgan fingerprint density at radius 2 is 1.71 bits per heavy atom. The minimum absolute atomic E-state index is 0.0311. The first-order valence-electron chi connectivity index (χ1n) is 18.8. The molecular formula is C39H55FN2O7. The Morgan fingerprint density at radius 3 is 2.43 bits per heavy atom. The van der Waals surface area contributed by atoms with Crippen LogP contribution in [0.25, 0.3) is 11.0 Å². The van der Waals surface area contributed by atoms with Crippen LogP contribution in [0.5, 0.6) is 0 Å². The van der Waals surface area contributed by atoms with E-state index in [4.69, 9.17) is 18.6 Å². The number of likely N-dealkylation sites (tertiary alicyclic amines) is 1. The summed E-state index contributed by atoms with van der Waals surface area (Å²) in [5.74, 6) is 0.634. The van der Waals surface area contributed by atoms with E-state index in [1.165, 1.54) is 0 Å². The number of amides is 1. The standard InChI is InChI=1S/C39H55FN2O7/c1-26(25-40)28-5-7-30(8-6-28)38(44)42-16-14-33(29-9-11-32(46-2)12-10-29)37(42)34(43)23-27-4-13-35-31(22-27)24-36(49-35)39(45)48-19-3-15-41-17-20-47-21-18-41/h4,13,22,24,26,28-30,32-33,37H,3,5-12,14-21,23,25H2,1-2H3/t26-,28?,29?,30?,32?,33+,37+/m1/s1. The van der Waals surface area contributed by atoms with E-state index in [1.807, 2.05) is 30.0 Å². The molecular weight excluding hydrogens is 627 g/mol. The largest absolute Gasteiger partial charge is 0.460 e. The van der Waals surface area contributed by atoms with Crippen LogP contribution in [-0.4, -0.2) is 99.4 Å². The molecule has 4 aliphatic rings. The summed E-state index contributed by atoms with van der Waals surface area (Å²) in [6.07, 6.45) is 9.33. The minimum Gasteiger partial charge on any atom is -0.460 e. The van der Waals surface area contributed by atoms with Crippen LogP contribution in [0.15, 0.2) is 28.7 Å². The zero-order chi connectivity index (χ0) is 34.3. The average molecular weight is 683 g/mol. The summed E-state index contributed by atoms with van der Waals surface area (Å²) in [5, 5.41) is 0.749. The molecule has 49 heavy (non-hydrogen) atoms. The molecule has 270 valence electrons. The SMILES string of the molecule is COC1CCC([C@@H]2CCN(C(=O)C3CCC([C@H](C)CF)CC3)[C@@H]2C(=O)Cc2ccc3oc(C(=O)OCCCN4CCOCC4)cc3c2)CC1. The third-order valence-electron chi connectivity index (χ3n) is 12.0. The number of halogens is 1. The van der Waals surface area contributed by atoms with Crippen molar-refractivity contribution in [2.45, 2.75) is 89.7 Å². The van der Waals surface area contributed by atoms with Gasteiger partial charge in [0.2, 0.25) is 11.7 Å². The topological polar surface area (TPSA) is 98.5 Å². The van der Waals surface area contributed by atoms with Gasteiger partial charge in [0.15, 0.2) is 5.78 Å².